The number of benzene rings is 2. The monoisotopic (exact) mass is 410 g/mol. The maximum Gasteiger partial charge on any atom is 0.269 e. The summed E-state index contributed by atoms with van der Waals surface area (Å²) in [7, 11) is 0. The highest BCUT2D eigenvalue weighted by molar-refractivity contribution is 6.36. The molecule has 0 radical (unpaired) electrons. The summed E-state index contributed by atoms with van der Waals surface area (Å²) in [4.78, 5) is 45.5. The fourth-order valence-electron chi connectivity index (χ4n) is 1.91. The van der Waals surface area contributed by atoms with Gasteiger partial charge in [0.15, 0.2) is 0 Å². The number of amides is 3. The Kier molecular flexibility index (Phi) is 6.69. The highest BCUT2D eigenvalue weighted by atomic mass is 35.5. The van der Waals surface area contributed by atoms with E-state index in [0.29, 0.717) is 5.02 Å². The number of rotatable bonds is 5. The lowest BCUT2D eigenvalue weighted by atomic mass is 10.2. The second-order valence-electron chi connectivity index (χ2n) is 5.11. The lowest BCUT2D eigenvalue weighted by Crippen LogP contribution is -2.46. The molecule has 0 aliphatic rings. The average Bonchev–Trinajstić information content (AvgIpc) is 2.64. The zero-order chi connectivity index (χ0) is 20.0. The first-order valence-corrected chi connectivity index (χ1v) is 8.10. The lowest BCUT2D eigenvalue weighted by Gasteiger charge is -2.09. The van der Waals surface area contributed by atoms with Crippen LogP contribution in [0.5, 0.6) is 0 Å². The summed E-state index contributed by atoms with van der Waals surface area (Å²) in [5.41, 5.74) is 4.32. The van der Waals surface area contributed by atoms with Gasteiger partial charge in [-0.25, -0.2) is 0 Å². The van der Waals surface area contributed by atoms with Gasteiger partial charge in [0.2, 0.25) is 0 Å². The van der Waals surface area contributed by atoms with Gasteiger partial charge >= 0.3 is 0 Å². The molecule has 0 heterocycles. The number of carbonyl (C=O) groups excluding carboxylic acids is 3. The topological polar surface area (TPSA) is 130 Å². The molecule has 2 aromatic carbocycles. The van der Waals surface area contributed by atoms with Crippen molar-refractivity contribution in [2.24, 2.45) is 0 Å². The average molecular weight is 411 g/mol. The Morgan fingerprint density at radius 2 is 1.63 bits per heavy atom. The molecule has 140 valence electrons. The van der Waals surface area contributed by atoms with Gasteiger partial charge in [0.1, 0.15) is 0 Å². The SMILES string of the molecule is O=C(CNC(=O)c1ccc(Cl)cc1Cl)NNC(=O)c1ccc([N+](=O)[O-])cc1. The summed E-state index contributed by atoms with van der Waals surface area (Å²) in [6.07, 6.45) is 0. The minimum Gasteiger partial charge on any atom is -0.343 e. The van der Waals surface area contributed by atoms with Gasteiger partial charge < -0.3 is 5.32 Å². The fourth-order valence-corrected chi connectivity index (χ4v) is 2.40. The normalized spacial score (nSPS) is 10.0. The first kappa shape index (κ1) is 20.1. The molecule has 2 aromatic rings. The van der Waals surface area contributed by atoms with Gasteiger partial charge in [-0.3, -0.25) is 35.3 Å². The maximum absolute atomic E-state index is 12.0. The molecule has 0 aromatic heterocycles. The molecule has 0 fully saturated rings. The Balaban J connectivity index is 1.82. The third kappa shape index (κ3) is 5.66. The van der Waals surface area contributed by atoms with Crippen molar-refractivity contribution in [3.63, 3.8) is 0 Å². The molecule has 0 unspecified atom stereocenters. The minimum absolute atomic E-state index is 0.109. The summed E-state index contributed by atoms with van der Waals surface area (Å²) in [5, 5.41) is 13.4. The van der Waals surface area contributed by atoms with E-state index in [1.165, 1.54) is 30.3 Å². The fraction of sp³-hybridized carbons (Fsp3) is 0.0625. The Morgan fingerprint density at radius 3 is 2.22 bits per heavy atom. The van der Waals surface area contributed by atoms with Crippen molar-refractivity contribution in [2.75, 3.05) is 6.54 Å². The van der Waals surface area contributed by atoms with Gasteiger partial charge in [0, 0.05) is 22.7 Å². The van der Waals surface area contributed by atoms with Gasteiger partial charge in [-0.05, 0) is 30.3 Å². The van der Waals surface area contributed by atoms with E-state index in [0.717, 1.165) is 12.1 Å². The Bertz CT molecular complexity index is 902. The van der Waals surface area contributed by atoms with Crippen LogP contribution in [0.3, 0.4) is 0 Å². The molecule has 9 nitrogen and oxygen atoms in total. The van der Waals surface area contributed by atoms with E-state index in [1.807, 2.05) is 0 Å². The Hall–Kier alpha value is -3.17. The van der Waals surface area contributed by atoms with Crippen molar-refractivity contribution in [2.45, 2.75) is 0 Å². The molecule has 0 aliphatic carbocycles. The maximum atomic E-state index is 12.0. The second kappa shape index (κ2) is 8.97. The molecule has 11 heteroatoms. The number of nitrogens with zero attached hydrogens (tertiary/aromatic N) is 1. The van der Waals surface area contributed by atoms with E-state index in [4.69, 9.17) is 23.2 Å². The summed E-state index contributed by atoms with van der Waals surface area (Å²) < 4.78 is 0. The van der Waals surface area contributed by atoms with Crippen LogP contribution in [0.15, 0.2) is 42.5 Å². The molecule has 3 N–H and O–H groups in total. The van der Waals surface area contributed by atoms with Crippen LogP contribution < -0.4 is 16.2 Å². The first-order chi connectivity index (χ1) is 12.8. The summed E-state index contributed by atoms with van der Waals surface area (Å²) in [5.74, 6) is -1.96. The summed E-state index contributed by atoms with van der Waals surface area (Å²) in [6, 6.07) is 9.08. The Morgan fingerprint density at radius 1 is 0.963 bits per heavy atom. The molecule has 0 spiro atoms. The van der Waals surface area contributed by atoms with E-state index in [2.05, 4.69) is 16.2 Å². The van der Waals surface area contributed by atoms with Gasteiger partial charge in [-0.2, -0.15) is 0 Å². The van der Waals surface area contributed by atoms with Crippen LogP contribution in [0.1, 0.15) is 20.7 Å². The number of nitrogens with one attached hydrogen (secondary N) is 3. The molecule has 0 saturated carbocycles. The largest absolute Gasteiger partial charge is 0.343 e. The van der Waals surface area contributed by atoms with Crippen molar-refractivity contribution < 1.29 is 19.3 Å². The number of hydrogen-bond acceptors (Lipinski definition) is 5. The molecule has 0 aliphatic heterocycles. The number of nitro benzene ring substituents is 1. The number of hydrazine groups is 1. The van der Waals surface area contributed by atoms with Crippen LogP contribution >= 0.6 is 23.2 Å². The quantitative estimate of drug-likeness (QED) is 0.512. The first-order valence-electron chi connectivity index (χ1n) is 7.35. The lowest BCUT2D eigenvalue weighted by molar-refractivity contribution is -0.384. The molecular weight excluding hydrogens is 399 g/mol. The molecule has 3 amide bonds. The van der Waals surface area contributed by atoms with Gasteiger partial charge in [0.25, 0.3) is 23.4 Å². The minimum atomic E-state index is -0.691. The van der Waals surface area contributed by atoms with Crippen LogP contribution in [0.2, 0.25) is 10.0 Å². The van der Waals surface area contributed by atoms with Crippen molar-refractivity contribution in [1.29, 1.82) is 0 Å². The number of non-ortho nitro benzene ring substituents is 1. The zero-order valence-electron chi connectivity index (χ0n) is 13.5. The third-order valence-electron chi connectivity index (χ3n) is 3.24. The third-order valence-corrected chi connectivity index (χ3v) is 3.79. The van der Waals surface area contributed by atoms with E-state index in [9.17, 15) is 24.5 Å². The highest BCUT2D eigenvalue weighted by Crippen LogP contribution is 2.20. The molecule has 0 saturated heterocycles. The molecular formula is C16H12Cl2N4O5. The van der Waals surface area contributed by atoms with E-state index >= 15 is 0 Å². The molecule has 27 heavy (non-hydrogen) atoms. The predicted octanol–water partition coefficient (Wildman–Crippen LogP) is 2.09. The van der Waals surface area contributed by atoms with Gasteiger partial charge in [-0.15, -0.1) is 0 Å². The van der Waals surface area contributed by atoms with Crippen LogP contribution in [0, 0.1) is 10.1 Å². The summed E-state index contributed by atoms with van der Waals surface area (Å²) >= 11 is 11.6. The van der Waals surface area contributed by atoms with Gasteiger partial charge in [0.05, 0.1) is 22.1 Å². The van der Waals surface area contributed by atoms with Crippen molar-refractivity contribution >= 4 is 46.6 Å². The molecule has 2 rings (SSSR count). The number of carbonyl (C=O) groups is 3. The molecule has 0 atom stereocenters. The van der Waals surface area contributed by atoms with Crippen molar-refractivity contribution in [3.8, 4) is 0 Å². The standard InChI is InChI=1S/C16H12Cl2N4O5/c17-10-3-6-12(13(18)7-10)16(25)19-8-14(23)20-21-15(24)9-1-4-11(5-2-9)22(26)27/h1-7H,8H2,(H,19,25)(H,20,23)(H,21,24). The van der Waals surface area contributed by atoms with E-state index < -0.39 is 29.2 Å². The number of halogens is 2. The van der Waals surface area contributed by atoms with Crippen LogP contribution in [0.4, 0.5) is 5.69 Å². The van der Waals surface area contributed by atoms with Crippen LogP contribution in [0.25, 0.3) is 0 Å². The van der Waals surface area contributed by atoms with Crippen LogP contribution in [-0.4, -0.2) is 29.2 Å². The smallest absolute Gasteiger partial charge is 0.269 e. The number of hydrogen-bond donors (Lipinski definition) is 3. The van der Waals surface area contributed by atoms with Gasteiger partial charge in [-0.1, -0.05) is 23.2 Å². The van der Waals surface area contributed by atoms with Crippen molar-refractivity contribution in [1.82, 2.24) is 16.2 Å². The molecule has 0 bridgehead atoms. The van der Waals surface area contributed by atoms with Crippen LogP contribution in [-0.2, 0) is 4.79 Å². The van der Waals surface area contributed by atoms with Crippen molar-refractivity contribution in [3.05, 3.63) is 73.8 Å². The second-order valence-corrected chi connectivity index (χ2v) is 5.96. The predicted molar refractivity (Wildman–Crippen MR) is 97.5 cm³/mol. The van der Waals surface area contributed by atoms with E-state index in [1.54, 1.807) is 0 Å². The zero-order valence-corrected chi connectivity index (χ0v) is 15.0. The highest BCUT2D eigenvalue weighted by Gasteiger charge is 2.13. The number of nitro groups is 1. The Labute approximate surface area is 162 Å². The van der Waals surface area contributed by atoms with E-state index in [-0.39, 0.29) is 21.8 Å². The summed E-state index contributed by atoms with van der Waals surface area (Å²) in [6.45, 7) is -0.418.